The van der Waals surface area contributed by atoms with Gasteiger partial charge in [0.25, 0.3) is 5.91 Å². The van der Waals surface area contributed by atoms with Crippen LogP contribution in [-0.2, 0) is 6.18 Å². The van der Waals surface area contributed by atoms with Crippen LogP contribution in [0.2, 0.25) is 5.02 Å². The minimum atomic E-state index is -4.61. The molecule has 0 fully saturated rings. The van der Waals surface area contributed by atoms with Crippen molar-refractivity contribution in [3.8, 4) is 0 Å². The molecule has 0 aromatic heterocycles. The van der Waals surface area contributed by atoms with Gasteiger partial charge in [-0.3, -0.25) is 4.79 Å². The Balaban J connectivity index is 0.00000190. The van der Waals surface area contributed by atoms with Crippen LogP contribution in [0.4, 0.5) is 13.2 Å². The Morgan fingerprint density at radius 1 is 1.04 bits per heavy atom. The van der Waals surface area contributed by atoms with Crippen molar-refractivity contribution < 1.29 is 18.0 Å². The van der Waals surface area contributed by atoms with E-state index in [4.69, 9.17) is 11.6 Å². The summed E-state index contributed by atoms with van der Waals surface area (Å²) in [6, 6.07) is 12.5. The van der Waals surface area contributed by atoms with E-state index in [2.05, 4.69) is 11.1 Å². The zero-order valence-electron chi connectivity index (χ0n) is 16.2. The summed E-state index contributed by atoms with van der Waals surface area (Å²) in [6.45, 7) is 4.04. The van der Waals surface area contributed by atoms with Crippen LogP contribution in [0.3, 0.4) is 0 Å². The van der Waals surface area contributed by atoms with Crippen LogP contribution < -0.4 is 11.1 Å². The Hall–Kier alpha value is -2.05. The summed E-state index contributed by atoms with van der Waals surface area (Å²) < 4.78 is 39.1. The largest absolute Gasteiger partial charge is 0.417 e. The number of hydrogen-bond donors (Lipinski definition) is 2. The third-order valence-corrected chi connectivity index (χ3v) is 4.92. The van der Waals surface area contributed by atoms with Crippen molar-refractivity contribution in [3.05, 3.63) is 70.2 Å². The molecule has 2 aromatic rings. The van der Waals surface area contributed by atoms with Crippen LogP contribution in [0.25, 0.3) is 0 Å². The maximum atomic E-state index is 13.0. The topological polar surface area (TPSA) is 55.1 Å². The van der Waals surface area contributed by atoms with E-state index in [1.165, 1.54) is 19.2 Å². The Bertz CT molecular complexity index is 747. The van der Waals surface area contributed by atoms with E-state index in [0.717, 1.165) is 24.5 Å². The van der Waals surface area contributed by atoms with Crippen LogP contribution in [-0.4, -0.2) is 13.0 Å². The molecule has 154 valence electrons. The van der Waals surface area contributed by atoms with Gasteiger partial charge < -0.3 is 11.1 Å². The molecule has 1 atom stereocenters. The highest BCUT2D eigenvalue weighted by molar-refractivity contribution is 6.34. The highest BCUT2D eigenvalue weighted by atomic mass is 35.5. The molecule has 0 saturated carbocycles. The van der Waals surface area contributed by atoms with Gasteiger partial charge in [0, 0.05) is 0 Å². The minimum absolute atomic E-state index is 0.158. The van der Waals surface area contributed by atoms with Crippen LogP contribution >= 0.6 is 11.6 Å². The molecule has 2 rings (SSSR count). The van der Waals surface area contributed by atoms with Crippen LogP contribution in [0.5, 0.6) is 0 Å². The van der Waals surface area contributed by atoms with E-state index >= 15 is 0 Å². The number of carbonyl (C=O) groups excluding carboxylic acids is 1. The molecule has 0 bridgehead atoms. The van der Waals surface area contributed by atoms with E-state index in [1.807, 2.05) is 44.2 Å². The molecule has 3 N–H and O–H groups in total. The Morgan fingerprint density at radius 2 is 1.61 bits per heavy atom. The molecular formula is C21H26ClF3N2O. The fourth-order valence-electron chi connectivity index (χ4n) is 3.04. The maximum absolute atomic E-state index is 13.0. The van der Waals surface area contributed by atoms with Crippen molar-refractivity contribution >= 4 is 17.5 Å². The standard InChI is InChI=1S/C20H21ClF3NO.CH5N/c1-3-13(4-2)18(14-9-6-5-7-10-14)25-19(26)15-11-8-12-16(17(15)21)20(22,23)24;1-2/h5-13,18H,3-4H2,1-2H3,(H,25,26);2H2,1H3. The molecule has 0 heterocycles. The van der Waals surface area contributed by atoms with Crippen LogP contribution in [0, 0.1) is 5.92 Å². The second-order valence-corrected chi connectivity index (χ2v) is 6.48. The first kappa shape index (κ1) is 24.0. The normalized spacial score (nSPS) is 12.2. The third kappa shape index (κ3) is 5.97. The molecule has 0 saturated heterocycles. The molecule has 0 radical (unpaired) electrons. The number of amides is 1. The lowest BCUT2D eigenvalue weighted by atomic mass is 9.88. The van der Waals surface area contributed by atoms with Gasteiger partial charge in [-0.15, -0.1) is 0 Å². The number of nitrogens with one attached hydrogen (secondary N) is 1. The lowest BCUT2D eigenvalue weighted by Crippen LogP contribution is -2.33. The van der Waals surface area contributed by atoms with Crippen LogP contribution in [0.1, 0.15) is 54.2 Å². The third-order valence-electron chi connectivity index (χ3n) is 4.51. The average molecular weight is 415 g/mol. The molecule has 28 heavy (non-hydrogen) atoms. The zero-order chi connectivity index (χ0) is 21.3. The monoisotopic (exact) mass is 414 g/mol. The van der Waals surface area contributed by atoms with Gasteiger partial charge in [0.05, 0.1) is 22.2 Å². The van der Waals surface area contributed by atoms with Gasteiger partial charge in [-0.1, -0.05) is 74.7 Å². The molecule has 0 aliphatic rings. The van der Waals surface area contributed by atoms with Gasteiger partial charge in [0.15, 0.2) is 0 Å². The van der Waals surface area contributed by atoms with Crippen LogP contribution in [0.15, 0.2) is 48.5 Å². The fraction of sp³-hybridized carbons (Fsp3) is 0.381. The van der Waals surface area contributed by atoms with Gasteiger partial charge in [-0.05, 0) is 30.7 Å². The predicted molar refractivity (Wildman–Crippen MR) is 107 cm³/mol. The summed E-state index contributed by atoms with van der Waals surface area (Å²) in [5.74, 6) is -0.451. The van der Waals surface area contributed by atoms with Gasteiger partial charge in [-0.25, -0.2) is 0 Å². The Labute approximate surface area is 169 Å². The predicted octanol–water partition coefficient (Wildman–Crippen LogP) is 5.84. The van der Waals surface area contributed by atoms with E-state index in [1.54, 1.807) is 0 Å². The quantitative estimate of drug-likeness (QED) is 0.623. The molecule has 7 heteroatoms. The van der Waals surface area contributed by atoms with Gasteiger partial charge in [0.1, 0.15) is 0 Å². The number of rotatable bonds is 6. The zero-order valence-corrected chi connectivity index (χ0v) is 16.9. The van der Waals surface area contributed by atoms with Crippen molar-refractivity contribution in [1.29, 1.82) is 0 Å². The highest BCUT2D eigenvalue weighted by Crippen LogP contribution is 2.36. The van der Waals surface area contributed by atoms with Gasteiger partial charge in [0.2, 0.25) is 0 Å². The Morgan fingerprint density at radius 3 is 2.11 bits per heavy atom. The molecule has 0 spiro atoms. The molecule has 2 aromatic carbocycles. The van der Waals surface area contributed by atoms with Crippen molar-refractivity contribution in [3.63, 3.8) is 0 Å². The molecular weight excluding hydrogens is 389 g/mol. The summed E-state index contributed by atoms with van der Waals surface area (Å²) in [5, 5.41) is 2.31. The minimum Gasteiger partial charge on any atom is -0.345 e. The summed E-state index contributed by atoms with van der Waals surface area (Å²) in [4.78, 5) is 12.7. The summed E-state index contributed by atoms with van der Waals surface area (Å²) in [5.41, 5.74) is 4.23. The highest BCUT2D eigenvalue weighted by Gasteiger charge is 2.35. The first-order valence-corrected chi connectivity index (χ1v) is 9.46. The van der Waals surface area contributed by atoms with Gasteiger partial charge in [-0.2, -0.15) is 13.2 Å². The molecule has 1 unspecified atom stereocenters. The molecule has 0 aliphatic carbocycles. The molecule has 0 aliphatic heterocycles. The van der Waals surface area contributed by atoms with E-state index in [9.17, 15) is 18.0 Å². The van der Waals surface area contributed by atoms with Gasteiger partial charge >= 0.3 is 6.18 Å². The second kappa shape index (κ2) is 11.1. The van der Waals surface area contributed by atoms with E-state index in [0.29, 0.717) is 0 Å². The number of halogens is 4. The number of alkyl halides is 3. The fourth-order valence-corrected chi connectivity index (χ4v) is 3.36. The number of nitrogens with two attached hydrogens (primary N) is 1. The maximum Gasteiger partial charge on any atom is 0.417 e. The number of carbonyl (C=O) groups is 1. The first-order valence-electron chi connectivity index (χ1n) is 9.08. The lowest BCUT2D eigenvalue weighted by molar-refractivity contribution is -0.137. The molecule has 3 nitrogen and oxygen atoms in total. The second-order valence-electron chi connectivity index (χ2n) is 6.10. The summed E-state index contributed by atoms with van der Waals surface area (Å²) in [6.07, 6.45) is -2.96. The smallest absolute Gasteiger partial charge is 0.345 e. The van der Waals surface area contributed by atoms with E-state index < -0.39 is 22.7 Å². The lowest BCUT2D eigenvalue weighted by Gasteiger charge is -2.27. The SMILES string of the molecule is CCC(CC)C(NC(=O)c1cccc(C(F)(F)F)c1Cl)c1ccccc1.CN. The molecule has 1 amide bonds. The van der Waals surface area contributed by atoms with Crippen molar-refractivity contribution in [1.82, 2.24) is 5.32 Å². The first-order chi connectivity index (χ1) is 13.3. The number of benzene rings is 2. The van der Waals surface area contributed by atoms with Crippen molar-refractivity contribution in [2.45, 2.75) is 38.9 Å². The summed E-state index contributed by atoms with van der Waals surface area (Å²) >= 11 is 5.88. The average Bonchev–Trinajstić information content (AvgIpc) is 2.69. The summed E-state index contributed by atoms with van der Waals surface area (Å²) in [7, 11) is 1.50. The Kier molecular flexibility index (Phi) is 9.49. The van der Waals surface area contributed by atoms with Crippen molar-refractivity contribution in [2.75, 3.05) is 7.05 Å². The van der Waals surface area contributed by atoms with E-state index in [-0.39, 0.29) is 17.5 Å². The number of hydrogen-bond acceptors (Lipinski definition) is 2. The van der Waals surface area contributed by atoms with Crippen molar-refractivity contribution in [2.24, 2.45) is 11.7 Å².